The predicted octanol–water partition coefficient (Wildman–Crippen LogP) is 4.80. The summed E-state index contributed by atoms with van der Waals surface area (Å²) in [4.78, 5) is 22.0. The second kappa shape index (κ2) is 6.57. The van der Waals surface area contributed by atoms with E-state index in [9.17, 15) is 14.9 Å². The molecule has 6 nitrogen and oxygen atoms in total. The van der Waals surface area contributed by atoms with E-state index >= 15 is 0 Å². The van der Waals surface area contributed by atoms with Gasteiger partial charge in [-0.3, -0.25) is 10.1 Å². The molecule has 0 aliphatic heterocycles. The minimum absolute atomic E-state index is 0.0146. The molecule has 0 saturated carbocycles. The van der Waals surface area contributed by atoms with Gasteiger partial charge in [0.05, 0.1) is 9.95 Å². The third-order valence-corrected chi connectivity index (χ3v) is 4.15. The summed E-state index contributed by atoms with van der Waals surface area (Å²) in [5.41, 5.74) is 1.29. The molecule has 2 aromatic carbocycles. The molecule has 0 bridgehead atoms. The molecule has 0 radical (unpaired) electrons. The van der Waals surface area contributed by atoms with E-state index in [4.69, 9.17) is 20.8 Å². The second-order valence-corrected chi connectivity index (χ2v) is 6.05. The Balaban J connectivity index is 1.97. The molecule has 7 heteroatoms. The molecule has 128 valence electrons. The monoisotopic (exact) mass is 359 g/mol. The summed E-state index contributed by atoms with van der Waals surface area (Å²) in [6, 6.07) is 10.8. The largest absolute Gasteiger partial charge is 0.484 e. The molecule has 0 N–H and O–H groups in total. The smallest absolute Gasteiger partial charge is 0.336 e. The van der Waals surface area contributed by atoms with E-state index in [1.165, 1.54) is 18.2 Å². The van der Waals surface area contributed by atoms with Crippen LogP contribution in [0, 0.1) is 17.0 Å². The second-order valence-electron chi connectivity index (χ2n) is 5.64. The molecule has 1 heterocycles. The topological polar surface area (TPSA) is 82.6 Å². The van der Waals surface area contributed by atoms with E-state index in [1.807, 2.05) is 0 Å². The van der Waals surface area contributed by atoms with Crippen molar-refractivity contribution in [1.29, 1.82) is 0 Å². The van der Waals surface area contributed by atoms with Crippen LogP contribution in [0.5, 0.6) is 5.75 Å². The van der Waals surface area contributed by atoms with Crippen molar-refractivity contribution < 1.29 is 14.1 Å². The Morgan fingerprint density at radius 1 is 1.24 bits per heavy atom. The number of fused-ring (bicyclic) bond motifs is 1. The van der Waals surface area contributed by atoms with Gasteiger partial charge in [-0.2, -0.15) is 0 Å². The van der Waals surface area contributed by atoms with Gasteiger partial charge in [-0.15, -0.1) is 0 Å². The fourth-order valence-electron chi connectivity index (χ4n) is 2.56. The summed E-state index contributed by atoms with van der Waals surface area (Å²) >= 11 is 6.28. The van der Waals surface area contributed by atoms with Crippen LogP contribution in [-0.2, 0) is 0 Å². The first-order valence-corrected chi connectivity index (χ1v) is 7.88. The number of hydrogen-bond acceptors (Lipinski definition) is 5. The van der Waals surface area contributed by atoms with Crippen LogP contribution in [0.15, 0.2) is 51.7 Å². The third-order valence-electron chi connectivity index (χ3n) is 3.86. The molecule has 25 heavy (non-hydrogen) atoms. The highest BCUT2D eigenvalue weighted by molar-refractivity contribution is 6.32. The molecular weight excluding hydrogens is 346 g/mol. The molecule has 3 rings (SSSR count). The summed E-state index contributed by atoms with van der Waals surface area (Å²) in [5.74, 6) is 0.335. The molecule has 0 spiro atoms. The molecule has 1 aromatic heterocycles. The zero-order chi connectivity index (χ0) is 18.1. The van der Waals surface area contributed by atoms with Crippen molar-refractivity contribution in [2.45, 2.75) is 20.0 Å². The number of aryl methyl sites for hydroxylation is 1. The Morgan fingerprint density at radius 2 is 2.00 bits per heavy atom. The van der Waals surface area contributed by atoms with Gasteiger partial charge in [0.1, 0.15) is 17.4 Å². The van der Waals surface area contributed by atoms with Crippen molar-refractivity contribution in [1.82, 2.24) is 0 Å². The first kappa shape index (κ1) is 17.0. The minimum Gasteiger partial charge on any atom is -0.484 e. The number of rotatable bonds is 4. The van der Waals surface area contributed by atoms with E-state index in [2.05, 4.69) is 0 Å². The quantitative estimate of drug-likeness (QED) is 0.379. The molecule has 0 fully saturated rings. The van der Waals surface area contributed by atoms with Crippen LogP contribution in [0.4, 0.5) is 5.69 Å². The van der Waals surface area contributed by atoms with E-state index in [-0.39, 0.29) is 5.69 Å². The van der Waals surface area contributed by atoms with Gasteiger partial charge in [-0.1, -0.05) is 23.7 Å². The number of halogens is 1. The average Bonchev–Trinajstić information content (AvgIpc) is 2.56. The zero-order valence-electron chi connectivity index (χ0n) is 13.5. The van der Waals surface area contributed by atoms with E-state index < -0.39 is 16.7 Å². The molecule has 3 aromatic rings. The molecule has 0 amide bonds. The third kappa shape index (κ3) is 3.49. The first-order valence-electron chi connectivity index (χ1n) is 7.50. The van der Waals surface area contributed by atoms with Gasteiger partial charge in [-0.25, -0.2) is 4.79 Å². The molecule has 0 aliphatic carbocycles. The van der Waals surface area contributed by atoms with Crippen molar-refractivity contribution in [2.75, 3.05) is 0 Å². The van der Waals surface area contributed by atoms with Crippen molar-refractivity contribution in [3.63, 3.8) is 0 Å². The lowest BCUT2D eigenvalue weighted by Gasteiger charge is -2.16. The Labute approximate surface area is 147 Å². The number of nitro groups is 1. The maximum atomic E-state index is 11.5. The van der Waals surface area contributed by atoms with Crippen LogP contribution < -0.4 is 10.4 Å². The Hall–Kier alpha value is -2.86. The van der Waals surface area contributed by atoms with Gasteiger partial charge < -0.3 is 9.15 Å². The van der Waals surface area contributed by atoms with Crippen LogP contribution in [0.1, 0.15) is 24.2 Å². The summed E-state index contributed by atoms with van der Waals surface area (Å²) in [6.07, 6.45) is -0.480. The number of ether oxygens (including phenoxy) is 1. The number of benzene rings is 2. The number of hydrogen-bond donors (Lipinski definition) is 0. The maximum Gasteiger partial charge on any atom is 0.336 e. The molecule has 0 saturated heterocycles. The number of nitrogens with zero attached hydrogens (tertiary/aromatic N) is 1. The summed E-state index contributed by atoms with van der Waals surface area (Å²) < 4.78 is 11.0. The van der Waals surface area contributed by atoms with Crippen molar-refractivity contribution in [3.8, 4) is 5.75 Å². The normalized spacial score (nSPS) is 12.1. The summed E-state index contributed by atoms with van der Waals surface area (Å²) in [7, 11) is 0. The molecule has 0 unspecified atom stereocenters. The van der Waals surface area contributed by atoms with Gasteiger partial charge in [-0.05, 0) is 31.0 Å². The number of non-ortho nitro benzene ring substituents is 1. The van der Waals surface area contributed by atoms with E-state index in [1.54, 1.807) is 38.1 Å². The first-order chi connectivity index (χ1) is 11.8. The highest BCUT2D eigenvalue weighted by Gasteiger charge is 2.15. The molecule has 0 aliphatic rings. The Morgan fingerprint density at radius 3 is 2.72 bits per heavy atom. The SMILES string of the molecule is Cc1cc(=O)oc2cc(O[C@H](C)c3cccc([N+](=O)[O-])c3)c(Cl)cc12. The van der Waals surface area contributed by atoms with E-state index in [0.717, 1.165) is 10.9 Å². The van der Waals surface area contributed by atoms with Crippen LogP contribution in [0.25, 0.3) is 11.0 Å². The Kier molecular flexibility index (Phi) is 4.46. The fraction of sp³-hybridized carbons (Fsp3) is 0.167. The predicted molar refractivity (Wildman–Crippen MR) is 94.4 cm³/mol. The van der Waals surface area contributed by atoms with Gasteiger partial charge >= 0.3 is 5.63 Å². The van der Waals surface area contributed by atoms with Crippen LogP contribution in [0.3, 0.4) is 0 Å². The van der Waals surface area contributed by atoms with Gasteiger partial charge in [0.15, 0.2) is 0 Å². The number of nitro benzene ring substituents is 1. The van der Waals surface area contributed by atoms with Gasteiger partial charge in [0, 0.05) is 29.7 Å². The summed E-state index contributed by atoms with van der Waals surface area (Å²) in [6.45, 7) is 3.55. The van der Waals surface area contributed by atoms with Crippen LogP contribution in [-0.4, -0.2) is 4.92 Å². The minimum atomic E-state index is -0.480. The zero-order valence-corrected chi connectivity index (χ0v) is 14.2. The maximum absolute atomic E-state index is 11.5. The molecular formula is C18H14ClNO5. The lowest BCUT2D eigenvalue weighted by atomic mass is 10.1. The van der Waals surface area contributed by atoms with Gasteiger partial charge in [0.25, 0.3) is 5.69 Å². The van der Waals surface area contributed by atoms with Crippen molar-refractivity contribution in [2.24, 2.45) is 0 Å². The Bertz CT molecular complexity index is 1030. The van der Waals surface area contributed by atoms with Crippen molar-refractivity contribution >= 4 is 28.3 Å². The standard InChI is InChI=1S/C18H14ClNO5/c1-10-6-18(21)25-16-9-17(15(19)8-14(10)16)24-11(2)12-4-3-5-13(7-12)20(22)23/h3-9,11H,1-2H3/t11-/m1/s1. The molecule has 1 atom stereocenters. The van der Waals surface area contributed by atoms with Crippen LogP contribution in [0.2, 0.25) is 5.02 Å². The lowest BCUT2D eigenvalue weighted by Crippen LogP contribution is -2.05. The fourth-order valence-corrected chi connectivity index (χ4v) is 2.77. The highest BCUT2D eigenvalue weighted by atomic mass is 35.5. The average molecular weight is 360 g/mol. The van der Waals surface area contributed by atoms with Crippen molar-refractivity contribution in [3.05, 3.63) is 79.1 Å². The summed E-state index contributed by atoms with van der Waals surface area (Å²) in [5, 5.41) is 12.0. The lowest BCUT2D eigenvalue weighted by molar-refractivity contribution is -0.385. The highest BCUT2D eigenvalue weighted by Crippen LogP contribution is 2.34. The van der Waals surface area contributed by atoms with Gasteiger partial charge in [0.2, 0.25) is 0 Å². The van der Waals surface area contributed by atoms with E-state index in [0.29, 0.717) is 21.9 Å². The van der Waals surface area contributed by atoms with Crippen LogP contribution >= 0.6 is 11.6 Å².